The van der Waals surface area contributed by atoms with Crippen LogP contribution in [0.3, 0.4) is 0 Å². The molecule has 1 aromatic carbocycles. The number of rotatable bonds is 6. The van der Waals surface area contributed by atoms with Crippen molar-refractivity contribution in [3.8, 4) is 11.4 Å². The van der Waals surface area contributed by atoms with Crippen LogP contribution in [-0.2, 0) is 14.3 Å². The normalized spacial score (nSPS) is 16.6. The molecule has 0 aliphatic carbocycles. The van der Waals surface area contributed by atoms with Crippen molar-refractivity contribution in [2.24, 2.45) is 0 Å². The number of hydrogen-bond acceptors (Lipinski definition) is 9. The fourth-order valence-corrected chi connectivity index (χ4v) is 2.96. The number of hydrogen-bond donors (Lipinski definition) is 2. The third-order valence-corrected chi connectivity index (χ3v) is 5.23. The first-order valence-electron chi connectivity index (χ1n) is 10.7. The summed E-state index contributed by atoms with van der Waals surface area (Å²) in [7, 11) is 1.71. The number of nitrogens with zero attached hydrogens (tertiary/aromatic N) is 4. The van der Waals surface area contributed by atoms with E-state index in [1.165, 1.54) is 6.21 Å². The molecule has 0 spiro atoms. The molecule has 0 unspecified atom stereocenters. The third kappa shape index (κ3) is 6.27. The summed E-state index contributed by atoms with van der Waals surface area (Å²) in [5.41, 5.74) is 2.52. The molecule has 10 nitrogen and oxygen atoms in total. The van der Waals surface area contributed by atoms with Gasteiger partial charge in [0.2, 0.25) is 12.2 Å². The summed E-state index contributed by atoms with van der Waals surface area (Å²) < 4.78 is 15.5. The van der Waals surface area contributed by atoms with Crippen molar-refractivity contribution < 1.29 is 18.8 Å². The van der Waals surface area contributed by atoms with Gasteiger partial charge in [0.1, 0.15) is 0 Å². The lowest BCUT2D eigenvalue weighted by atomic mass is 10.1. The van der Waals surface area contributed by atoms with E-state index >= 15 is 0 Å². The van der Waals surface area contributed by atoms with Crippen LogP contribution in [0.15, 0.2) is 22.7 Å². The van der Waals surface area contributed by atoms with Gasteiger partial charge < -0.3 is 34.5 Å². The van der Waals surface area contributed by atoms with E-state index in [4.69, 9.17) is 19.4 Å². The molecule has 0 bridgehead atoms. The zero-order valence-corrected chi connectivity index (χ0v) is 19.1. The fourth-order valence-electron chi connectivity index (χ4n) is 2.96. The summed E-state index contributed by atoms with van der Waals surface area (Å²) in [6, 6.07) is 6.39. The van der Waals surface area contributed by atoms with Gasteiger partial charge in [-0.1, -0.05) is 17.3 Å². The van der Waals surface area contributed by atoms with Crippen molar-refractivity contribution in [3.63, 3.8) is 0 Å². The van der Waals surface area contributed by atoms with Crippen LogP contribution >= 0.6 is 0 Å². The van der Waals surface area contributed by atoms with E-state index < -0.39 is 0 Å². The first-order valence-corrected chi connectivity index (χ1v) is 10.7. The van der Waals surface area contributed by atoms with Gasteiger partial charge in [0.05, 0.1) is 24.9 Å². The SMILES string of the molecule is COC(C)(C)C.N=Cc1ccc(-c2noc(N3CCN(C=O)CC3)n2)cc1NC1COC1. The lowest BCUT2D eigenvalue weighted by Gasteiger charge is -2.30. The Morgan fingerprint density at radius 2 is 1.91 bits per heavy atom. The van der Waals surface area contributed by atoms with E-state index in [9.17, 15) is 4.79 Å². The zero-order valence-electron chi connectivity index (χ0n) is 19.1. The largest absolute Gasteiger partial charge is 0.379 e. The second-order valence-corrected chi connectivity index (χ2v) is 8.67. The summed E-state index contributed by atoms with van der Waals surface area (Å²) in [4.78, 5) is 19.0. The summed E-state index contributed by atoms with van der Waals surface area (Å²) in [6.45, 7) is 10.0. The number of amides is 1. The monoisotopic (exact) mass is 444 g/mol. The Labute approximate surface area is 188 Å². The first kappa shape index (κ1) is 23.7. The van der Waals surface area contributed by atoms with Crippen LogP contribution in [0, 0.1) is 5.41 Å². The van der Waals surface area contributed by atoms with E-state index in [1.807, 2.05) is 43.9 Å². The van der Waals surface area contributed by atoms with E-state index in [1.54, 1.807) is 12.0 Å². The standard InChI is InChI=1S/C17H20N6O3.C5H12O/c18-8-13-2-1-12(7-15(13)19-14-9-25-10-14)16-20-17(26-21-16)23-5-3-22(11-24)4-6-23;1-5(2,3)6-4/h1-2,7-8,11,14,18-19H,3-6,9-10H2;1-4H3. The number of methoxy groups -OCH3 is 1. The van der Waals surface area contributed by atoms with Gasteiger partial charge in [-0.05, 0) is 26.8 Å². The van der Waals surface area contributed by atoms with Crippen LogP contribution in [0.25, 0.3) is 11.4 Å². The van der Waals surface area contributed by atoms with Crippen molar-refractivity contribution in [1.29, 1.82) is 5.41 Å². The van der Waals surface area contributed by atoms with Gasteiger partial charge in [0, 0.05) is 56.3 Å². The average molecular weight is 445 g/mol. The van der Waals surface area contributed by atoms with E-state index in [2.05, 4.69) is 15.5 Å². The van der Waals surface area contributed by atoms with Gasteiger partial charge in [-0.15, -0.1) is 0 Å². The molecule has 2 fully saturated rings. The molecule has 2 N–H and O–H groups in total. The number of anilines is 2. The Kier molecular flexibility index (Phi) is 7.81. The quantitative estimate of drug-likeness (QED) is 0.515. The maximum atomic E-state index is 10.8. The molecule has 174 valence electrons. The number of nitrogens with one attached hydrogen (secondary N) is 2. The molecule has 0 saturated carbocycles. The van der Waals surface area contributed by atoms with Crippen molar-refractivity contribution in [2.75, 3.05) is 56.7 Å². The molecule has 2 saturated heterocycles. The second-order valence-electron chi connectivity index (χ2n) is 8.67. The molecule has 2 aromatic rings. The highest BCUT2D eigenvalue weighted by Gasteiger charge is 2.22. The van der Waals surface area contributed by atoms with Gasteiger partial charge in [0.15, 0.2) is 0 Å². The minimum atomic E-state index is 0.0417. The average Bonchev–Trinajstić information content (AvgIpc) is 3.26. The number of piperazine rings is 1. The molecule has 0 atom stereocenters. The summed E-state index contributed by atoms with van der Waals surface area (Å²) in [5, 5.41) is 15.0. The third-order valence-electron chi connectivity index (χ3n) is 5.23. The fraction of sp³-hybridized carbons (Fsp3) is 0.545. The molecule has 0 radical (unpaired) electrons. The van der Waals surface area contributed by atoms with Crippen LogP contribution in [0.2, 0.25) is 0 Å². The molecule has 1 amide bonds. The van der Waals surface area contributed by atoms with E-state index in [0.29, 0.717) is 51.2 Å². The second kappa shape index (κ2) is 10.6. The molecular formula is C22H32N6O4. The van der Waals surface area contributed by atoms with Gasteiger partial charge in [-0.3, -0.25) is 4.79 Å². The number of carbonyl (C=O) groups is 1. The Morgan fingerprint density at radius 3 is 2.44 bits per heavy atom. The van der Waals surface area contributed by atoms with Crippen LogP contribution in [0.4, 0.5) is 11.7 Å². The molecule has 10 heteroatoms. The summed E-state index contributed by atoms with van der Waals surface area (Å²) in [6.07, 6.45) is 2.18. The molecule has 2 aliphatic rings. The minimum Gasteiger partial charge on any atom is -0.379 e. The summed E-state index contributed by atoms with van der Waals surface area (Å²) in [5.74, 6) is 0.502. The van der Waals surface area contributed by atoms with E-state index in [-0.39, 0.29) is 11.6 Å². The van der Waals surface area contributed by atoms with Crippen molar-refractivity contribution in [1.82, 2.24) is 15.0 Å². The van der Waals surface area contributed by atoms with Crippen LogP contribution in [-0.4, -0.2) is 85.8 Å². The van der Waals surface area contributed by atoms with Crippen molar-refractivity contribution in [3.05, 3.63) is 23.8 Å². The number of carbonyl (C=O) groups excluding carboxylic acids is 1. The summed E-state index contributed by atoms with van der Waals surface area (Å²) >= 11 is 0. The number of aromatic nitrogens is 2. The lowest BCUT2D eigenvalue weighted by Crippen LogP contribution is -2.45. The van der Waals surface area contributed by atoms with Gasteiger partial charge in [-0.2, -0.15) is 4.98 Å². The number of benzene rings is 1. The molecule has 4 rings (SSSR count). The van der Waals surface area contributed by atoms with Crippen LogP contribution < -0.4 is 10.2 Å². The van der Waals surface area contributed by atoms with Crippen LogP contribution in [0.5, 0.6) is 0 Å². The Hall–Kier alpha value is -2.98. The molecule has 1 aromatic heterocycles. The Balaban J connectivity index is 0.000000427. The van der Waals surface area contributed by atoms with Gasteiger partial charge in [-0.25, -0.2) is 0 Å². The highest BCUT2D eigenvalue weighted by Crippen LogP contribution is 2.26. The topological polar surface area (TPSA) is 117 Å². The smallest absolute Gasteiger partial charge is 0.324 e. The first-order chi connectivity index (χ1) is 15.3. The van der Waals surface area contributed by atoms with Gasteiger partial charge >= 0.3 is 6.01 Å². The van der Waals surface area contributed by atoms with Gasteiger partial charge in [0.25, 0.3) is 0 Å². The maximum Gasteiger partial charge on any atom is 0.324 e. The van der Waals surface area contributed by atoms with E-state index in [0.717, 1.165) is 23.2 Å². The molecule has 3 heterocycles. The molecule has 2 aliphatic heterocycles. The highest BCUT2D eigenvalue weighted by molar-refractivity contribution is 5.87. The molecular weight excluding hydrogens is 412 g/mol. The molecule has 32 heavy (non-hydrogen) atoms. The minimum absolute atomic E-state index is 0.0417. The predicted molar refractivity (Wildman–Crippen MR) is 122 cm³/mol. The van der Waals surface area contributed by atoms with Crippen LogP contribution in [0.1, 0.15) is 26.3 Å². The predicted octanol–water partition coefficient (Wildman–Crippen LogP) is 2.25. The number of ether oxygens (including phenoxy) is 2. The van der Waals surface area contributed by atoms with Crippen molar-refractivity contribution >= 4 is 24.3 Å². The Morgan fingerprint density at radius 1 is 1.22 bits per heavy atom. The lowest BCUT2D eigenvalue weighted by molar-refractivity contribution is -0.118. The zero-order chi connectivity index (χ0) is 23.1. The highest BCUT2D eigenvalue weighted by atomic mass is 16.5. The Bertz CT molecular complexity index is 898. The maximum absolute atomic E-state index is 10.8. The van der Waals surface area contributed by atoms with Crippen molar-refractivity contribution in [2.45, 2.75) is 32.4 Å².